The van der Waals surface area contributed by atoms with E-state index < -0.39 is 0 Å². The van der Waals surface area contributed by atoms with E-state index in [4.69, 9.17) is 5.11 Å². The summed E-state index contributed by atoms with van der Waals surface area (Å²) in [5.74, 6) is 0.749. The zero-order valence-corrected chi connectivity index (χ0v) is 9.67. The van der Waals surface area contributed by atoms with Gasteiger partial charge in [0.25, 0.3) is 0 Å². The zero-order chi connectivity index (χ0) is 11.1. The topological polar surface area (TPSA) is 49.3 Å². The Morgan fingerprint density at radius 3 is 2.67 bits per heavy atom. The van der Waals surface area contributed by atoms with Crippen molar-refractivity contribution in [2.75, 3.05) is 6.61 Å². The number of hydrogen-bond donors (Lipinski definition) is 2. The second-order valence-corrected chi connectivity index (χ2v) is 4.58. The Bertz CT molecular complexity index is 188. The van der Waals surface area contributed by atoms with Gasteiger partial charge in [0.1, 0.15) is 0 Å². The van der Waals surface area contributed by atoms with Gasteiger partial charge in [-0.1, -0.05) is 19.3 Å². The van der Waals surface area contributed by atoms with Crippen molar-refractivity contribution in [2.45, 2.75) is 57.9 Å². The van der Waals surface area contributed by atoms with Crippen molar-refractivity contribution in [1.82, 2.24) is 5.32 Å². The van der Waals surface area contributed by atoms with E-state index in [-0.39, 0.29) is 12.5 Å². The van der Waals surface area contributed by atoms with Crippen molar-refractivity contribution in [3.05, 3.63) is 0 Å². The molecule has 1 rings (SSSR count). The molecule has 1 aliphatic rings. The molecule has 0 heterocycles. The first-order chi connectivity index (χ1) is 7.24. The summed E-state index contributed by atoms with van der Waals surface area (Å²) in [6.07, 6.45) is 7.49. The fourth-order valence-electron chi connectivity index (χ4n) is 2.32. The van der Waals surface area contributed by atoms with Crippen molar-refractivity contribution < 1.29 is 9.90 Å². The third-order valence-electron chi connectivity index (χ3n) is 3.31. The van der Waals surface area contributed by atoms with E-state index in [2.05, 4.69) is 12.2 Å². The summed E-state index contributed by atoms with van der Waals surface area (Å²) in [7, 11) is 0. The highest BCUT2D eigenvalue weighted by atomic mass is 16.3. The van der Waals surface area contributed by atoms with E-state index in [9.17, 15) is 4.79 Å². The number of aliphatic hydroxyl groups excluding tert-OH is 1. The van der Waals surface area contributed by atoms with E-state index in [1.54, 1.807) is 0 Å². The molecule has 1 atom stereocenters. The van der Waals surface area contributed by atoms with Crippen LogP contribution in [-0.2, 0) is 4.79 Å². The first-order valence-electron chi connectivity index (χ1n) is 6.14. The summed E-state index contributed by atoms with van der Waals surface area (Å²) in [6.45, 7) is 2.21. The minimum absolute atomic E-state index is 0.0853. The summed E-state index contributed by atoms with van der Waals surface area (Å²) in [5.41, 5.74) is 0. The molecule has 1 fully saturated rings. The number of amides is 1. The maximum atomic E-state index is 11.4. The molecule has 0 aromatic heterocycles. The predicted octanol–water partition coefficient (Wildman–Crippen LogP) is 1.84. The molecule has 3 heteroatoms. The molecule has 0 spiro atoms. The summed E-state index contributed by atoms with van der Waals surface area (Å²) in [4.78, 5) is 11.4. The molecule has 88 valence electrons. The lowest BCUT2D eigenvalue weighted by Crippen LogP contribution is -2.38. The normalized spacial score (nSPS) is 19.9. The molecule has 0 aliphatic heterocycles. The largest absolute Gasteiger partial charge is 0.396 e. The molecule has 1 saturated carbocycles. The van der Waals surface area contributed by atoms with Gasteiger partial charge in [-0.05, 0) is 32.1 Å². The maximum Gasteiger partial charge on any atom is 0.220 e. The lowest BCUT2D eigenvalue weighted by Gasteiger charge is -2.28. The van der Waals surface area contributed by atoms with Crippen molar-refractivity contribution in [1.29, 1.82) is 0 Å². The predicted molar refractivity (Wildman–Crippen MR) is 60.5 cm³/mol. The van der Waals surface area contributed by atoms with Crippen LogP contribution in [0.3, 0.4) is 0 Å². The molecule has 0 unspecified atom stereocenters. The van der Waals surface area contributed by atoms with Gasteiger partial charge in [-0.25, -0.2) is 0 Å². The van der Waals surface area contributed by atoms with Crippen LogP contribution in [0.2, 0.25) is 0 Å². The summed E-state index contributed by atoms with van der Waals surface area (Å²) >= 11 is 0. The molecule has 0 saturated heterocycles. The fourth-order valence-corrected chi connectivity index (χ4v) is 2.32. The monoisotopic (exact) mass is 213 g/mol. The number of carbonyl (C=O) groups excluding carboxylic acids is 1. The van der Waals surface area contributed by atoms with Gasteiger partial charge in [0.05, 0.1) is 0 Å². The standard InChI is InChI=1S/C12H23NO2/c1-10(11-6-3-2-4-7-11)13-12(15)8-5-9-14/h10-11,14H,2-9H2,1H3,(H,13,15)/t10-/m1/s1. The van der Waals surface area contributed by atoms with Gasteiger partial charge < -0.3 is 10.4 Å². The quantitative estimate of drug-likeness (QED) is 0.732. The second kappa shape index (κ2) is 6.83. The van der Waals surface area contributed by atoms with Gasteiger partial charge in [0.15, 0.2) is 0 Å². The van der Waals surface area contributed by atoms with Crippen LogP contribution < -0.4 is 5.32 Å². The molecule has 0 aromatic rings. The molecule has 1 aliphatic carbocycles. The van der Waals surface area contributed by atoms with Crippen LogP contribution in [0.5, 0.6) is 0 Å². The number of nitrogens with one attached hydrogen (secondary N) is 1. The minimum atomic E-state index is 0.0853. The van der Waals surface area contributed by atoms with Crippen LogP contribution in [0, 0.1) is 5.92 Å². The Morgan fingerprint density at radius 1 is 1.40 bits per heavy atom. The van der Waals surface area contributed by atoms with Crippen LogP contribution in [0.15, 0.2) is 0 Å². The SMILES string of the molecule is C[C@@H](NC(=O)CCCO)C1CCCCC1. The average molecular weight is 213 g/mol. The smallest absolute Gasteiger partial charge is 0.220 e. The average Bonchev–Trinajstić information content (AvgIpc) is 2.27. The number of aliphatic hydroxyl groups is 1. The molecule has 0 bridgehead atoms. The molecule has 0 radical (unpaired) electrons. The van der Waals surface area contributed by atoms with E-state index >= 15 is 0 Å². The second-order valence-electron chi connectivity index (χ2n) is 4.58. The van der Waals surface area contributed by atoms with Crippen LogP contribution in [-0.4, -0.2) is 23.7 Å². The van der Waals surface area contributed by atoms with Crippen LogP contribution in [0.4, 0.5) is 0 Å². The minimum Gasteiger partial charge on any atom is -0.396 e. The highest BCUT2D eigenvalue weighted by molar-refractivity contribution is 5.76. The number of rotatable bonds is 5. The zero-order valence-electron chi connectivity index (χ0n) is 9.67. The summed E-state index contributed by atoms with van der Waals surface area (Å²) in [5, 5.41) is 11.7. The number of hydrogen-bond acceptors (Lipinski definition) is 2. The lowest BCUT2D eigenvalue weighted by molar-refractivity contribution is -0.122. The van der Waals surface area contributed by atoms with E-state index in [1.807, 2.05) is 0 Å². The third kappa shape index (κ3) is 4.65. The maximum absolute atomic E-state index is 11.4. The third-order valence-corrected chi connectivity index (χ3v) is 3.31. The highest BCUT2D eigenvalue weighted by Crippen LogP contribution is 2.26. The van der Waals surface area contributed by atoms with Crippen molar-refractivity contribution in [3.63, 3.8) is 0 Å². The van der Waals surface area contributed by atoms with Gasteiger partial charge >= 0.3 is 0 Å². The fraction of sp³-hybridized carbons (Fsp3) is 0.917. The summed E-state index contributed by atoms with van der Waals surface area (Å²) < 4.78 is 0. The first-order valence-corrected chi connectivity index (χ1v) is 6.14. The van der Waals surface area contributed by atoms with E-state index in [0.717, 1.165) is 0 Å². The molecule has 3 nitrogen and oxygen atoms in total. The first kappa shape index (κ1) is 12.5. The van der Waals surface area contributed by atoms with Crippen molar-refractivity contribution in [3.8, 4) is 0 Å². The van der Waals surface area contributed by atoms with E-state index in [1.165, 1.54) is 32.1 Å². The van der Waals surface area contributed by atoms with Gasteiger partial charge in [-0.2, -0.15) is 0 Å². The molecular formula is C12H23NO2. The Hall–Kier alpha value is -0.570. The molecular weight excluding hydrogens is 190 g/mol. The van der Waals surface area contributed by atoms with Crippen LogP contribution in [0.25, 0.3) is 0 Å². The summed E-state index contributed by atoms with van der Waals surface area (Å²) in [6, 6.07) is 0.302. The van der Waals surface area contributed by atoms with Gasteiger partial charge in [0.2, 0.25) is 5.91 Å². The van der Waals surface area contributed by atoms with Gasteiger partial charge in [-0.3, -0.25) is 4.79 Å². The van der Waals surface area contributed by atoms with Crippen LogP contribution in [0.1, 0.15) is 51.9 Å². The van der Waals surface area contributed by atoms with Gasteiger partial charge in [-0.15, -0.1) is 0 Å². The molecule has 2 N–H and O–H groups in total. The van der Waals surface area contributed by atoms with E-state index in [0.29, 0.717) is 24.8 Å². The Labute approximate surface area is 92.3 Å². The van der Waals surface area contributed by atoms with Gasteiger partial charge in [0, 0.05) is 19.1 Å². The van der Waals surface area contributed by atoms with Crippen molar-refractivity contribution in [2.24, 2.45) is 5.92 Å². The molecule has 0 aromatic carbocycles. The molecule has 1 amide bonds. The Morgan fingerprint density at radius 2 is 2.07 bits per heavy atom. The number of carbonyl (C=O) groups is 1. The van der Waals surface area contributed by atoms with Crippen LogP contribution >= 0.6 is 0 Å². The highest BCUT2D eigenvalue weighted by Gasteiger charge is 2.20. The Balaban J connectivity index is 2.21. The lowest BCUT2D eigenvalue weighted by atomic mass is 9.84. The Kier molecular flexibility index (Phi) is 5.69. The molecule has 15 heavy (non-hydrogen) atoms. The van der Waals surface area contributed by atoms with Crippen molar-refractivity contribution >= 4 is 5.91 Å².